The number of rotatable bonds is 12. The van der Waals surface area contributed by atoms with Crippen molar-refractivity contribution in [2.45, 2.75) is 83.1 Å². The fourth-order valence-electron chi connectivity index (χ4n) is 13.3. The third-order valence-corrected chi connectivity index (χ3v) is 20.8. The van der Waals surface area contributed by atoms with Crippen LogP contribution in [-0.2, 0) is 21.1 Å². The van der Waals surface area contributed by atoms with Crippen LogP contribution in [0.2, 0.25) is 0 Å². The Morgan fingerprint density at radius 3 is 0.482 bits per heavy atom. The number of benzene rings is 9. The number of pyridine rings is 6. The van der Waals surface area contributed by atoms with E-state index in [0.29, 0.717) is 33.6 Å². The number of aromatic hydroxyl groups is 6. The van der Waals surface area contributed by atoms with Crippen LogP contribution >= 0.6 is 0 Å². The molecule has 552 valence electrons. The SMILES string of the molecule is Cc1cc(-c2ccc(-c3cccc(-c4ccc(-c5cc(C)c(C)c(C)c5)cn4)c3)nc2)cc(C)c1C.Cc1cc(-c2ccc(-c3cccc(-c4ccc(-c5cc(C)c(C)c(C)c5)cn4)c3)nc2)cc(C)c1C.Oc1cc(-c2ccc(-c3cccc(-c4ccc(-c5cc(O)c(O)c(O)c5)cn4)c3)nc2)cc(O)c1O.[CH3-].[Pt]. The summed E-state index contributed by atoms with van der Waals surface area (Å²) in [5, 5.41) is 58.1. The van der Waals surface area contributed by atoms with Crippen LogP contribution in [0.5, 0.6) is 34.5 Å². The first kappa shape index (κ1) is 78.4. The molecule has 6 aromatic heterocycles. The first-order chi connectivity index (χ1) is 51.9. The second kappa shape index (κ2) is 33.7. The van der Waals surface area contributed by atoms with Crippen LogP contribution in [0.15, 0.2) is 256 Å². The van der Waals surface area contributed by atoms with E-state index in [9.17, 15) is 30.6 Å². The summed E-state index contributed by atoms with van der Waals surface area (Å²) in [5.41, 5.74) is 39.0. The minimum atomic E-state index is -0.568. The van der Waals surface area contributed by atoms with Gasteiger partial charge in [-0.05, 0) is 262 Å². The minimum Gasteiger partial charge on any atom is -0.504 e. The van der Waals surface area contributed by atoms with Gasteiger partial charge in [0.05, 0.1) is 34.2 Å². The molecule has 9 aromatic carbocycles. The fraction of sp³-hybridized carbons (Fsp3) is 0.124. The molecule has 0 fully saturated rings. The standard InChI is InChI=1S/2C34H32N2.C28H20N2O6.CH3.Pt/c2*1-21-14-31(15-22(2)25(21)5)29-10-12-33(35-19-29)27-8-7-9-28(18-27)34-13-11-30(20-36-34)32-16-23(3)26(6)24(4)17-32;31-23-9-19(10-24(32)27(23)35)17-4-6-21(29-13-17)15-2-1-3-16(8-15)22-7-5-18(14-30-22)20-11-25(33)28(36)26(34)12-20;;/h2*7-20H,1-6H3;1-14,31-36H;1H3;/q;;;-1;. The van der Waals surface area contributed by atoms with Gasteiger partial charge in [-0.2, -0.15) is 0 Å². The molecule has 0 atom stereocenters. The monoisotopic (exact) mass is 1630 g/mol. The van der Waals surface area contributed by atoms with Crippen LogP contribution in [0.25, 0.3) is 134 Å². The Kier molecular flexibility index (Phi) is 24.0. The van der Waals surface area contributed by atoms with Gasteiger partial charge >= 0.3 is 0 Å². The van der Waals surface area contributed by atoms with E-state index in [1.165, 1.54) is 113 Å². The van der Waals surface area contributed by atoms with Crippen LogP contribution in [-0.4, -0.2) is 60.5 Å². The van der Waals surface area contributed by atoms with E-state index < -0.39 is 34.5 Å². The Balaban J connectivity index is 0.000000162. The normalized spacial score (nSPS) is 10.8. The second-order valence-corrected chi connectivity index (χ2v) is 28.0. The predicted octanol–water partition coefficient (Wildman–Crippen LogP) is 23.8. The van der Waals surface area contributed by atoms with Crippen LogP contribution < -0.4 is 0 Å². The van der Waals surface area contributed by atoms with E-state index in [-0.39, 0.29) is 28.5 Å². The van der Waals surface area contributed by atoms with Gasteiger partial charge in [0, 0.05) is 125 Å². The Bertz CT molecular complexity index is 4800. The smallest absolute Gasteiger partial charge is 0.200 e. The molecule has 15 aromatic rings. The molecule has 0 aliphatic heterocycles. The molecular formula is C97H87N6O6Pt-. The summed E-state index contributed by atoms with van der Waals surface area (Å²) >= 11 is 0. The van der Waals surface area contributed by atoms with E-state index in [0.717, 1.165) is 78.4 Å². The molecule has 6 N–H and O–H groups in total. The molecule has 15 rings (SSSR count). The van der Waals surface area contributed by atoms with Gasteiger partial charge in [-0.1, -0.05) is 140 Å². The number of phenolic OH excluding ortho intramolecular Hbond substituents is 6. The van der Waals surface area contributed by atoms with Crippen molar-refractivity contribution in [3.8, 4) is 169 Å². The Morgan fingerprint density at radius 1 is 0.182 bits per heavy atom. The zero-order valence-electron chi connectivity index (χ0n) is 63.9. The average Bonchev–Trinajstić information content (AvgIpc) is 0.821. The van der Waals surface area contributed by atoms with Gasteiger partial charge in [0.15, 0.2) is 34.5 Å². The number of phenols is 6. The summed E-state index contributed by atoms with van der Waals surface area (Å²) < 4.78 is 0. The molecule has 110 heavy (non-hydrogen) atoms. The number of aryl methyl sites for hydroxylation is 8. The molecular weight excluding hydrogens is 1540 g/mol. The van der Waals surface area contributed by atoms with Gasteiger partial charge in [0.1, 0.15) is 0 Å². The molecule has 0 amide bonds. The van der Waals surface area contributed by atoms with Gasteiger partial charge in [-0.3, -0.25) is 29.9 Å². The van der Waals surface area contributed by atoms with Crippen molar-refractivity contribution in [2.75, 3.05) is 0 Å². The van der Waals surface area contributed by atoms with Crippen molar-refractivity contribution in [1.29, 1.82) is 0 Å². The molecule has 12 nitrogen and oxygen atoms in total. The third-order valence-electron chi connectivity index (χ3n) is 20.8. The van der Waals surface area contributed by atoms with E-state index >= 15 is 0 Å². The number of hydrogen-bond acceptors (Lipinski definition) is 12. The largest absolute Gasteiger partial charge is 0.504 e. The van der Waals surface area contributed by atoms with E-state index in [1.54, 1.807) is 24.5 Å². The van der Waals surface area contributed by atoms with E-state index in [2.05, 4.69) is 239 Å². The maximum Gasteiger partial charge on any atom is 0.200 e. The number of hydrogen-bond donors (Lipinski definition) is 6. The first-order valence-corrected chi connectivity index (χ1v) is 35.8. The van der Waals surface area contributed by atoms with Crippen LogP contribution in [0.1, 0.15) is 66.8 Å². The van der Waals surface area contributed by atoms with Crippen LogP contribution in [0, 0.1) is 90.5 Å². The van der Waals surface area contributed by atoms with Crippen molar-refractivity contribution in [2.24, 2.45) is 0 Å². The van der Waals surface area contributed by atoms with Gasteiger partial charge in [-0.15, -0.1) is 0 Å². The fourth-order valence-corrected chi connectivity index (χ4v) is 13.3. The van der Waals surface area contributed by atoms with Crippen LogP contribution in [0.4, 0.5) is 0 Å². The van der Waals surface area contributed by atoms with Crippen molar-refractivity contribution in [3.63, 3.8) is 0 Å². The number of aromatic nitrogens is 6. The summed E-state index contributed by atoms with van der Waals surface area (Å²) in [5.74, 6) is -2.81. The molecule has 6 heterocycles. The first-order valence-electron chi connectivity index (χ1n) is 35.8. The molecule has 0 spiro atoms. The molecule has 13 heteroatoms. The van der Waals surface area contributed by atoms with Gasteiger partial charge in [0.2, 0.25) is 0 Å². The van der Waals surface area contributed by atoms with E-state index in [1.807, 2.05) is 61.2 Å². The van der Waals surface area contributed by atoms with Crippen molar-refractivity contribution in [3.05, 3.63) is 330 Å². The quantitative estimate of drug-likeness (QED) is 0.0501. The number of nitrogens with zero attached hydrogens (tertiary/aromatic N) is 6. The topological polar surface area (TPSA) is 199 Å². The van der Waals surface area contributed by atoms with E-state index in [4.69, 9.17) is 19.9 Å². The Labute approximate surface area is 658 Å². The summed E-state index contributed by atoms with van der Waals surface area (Å²) in [6.45, 7) is 26.1. The summed E-state index contributed by atoms with van der Waals surface area (Å²) in [4.78, 5) is 28.2. The minimum absolute atomic E-state index is 0. The van der Waals surface area contributed by atoms with Gasteiger partial charge < -0.3 is 38.1 Å². The predicted molar refractivity (Wildman–Crippen MR) is 445 cm³/mol. The molecule has 0 bridgehead atoms. The third kappa shape index (κ3) is 17.3. The summed E-state index contributed by atoms with van der Waals surface area (Å²) in [6.07, 6.45) is 11.1. The summed E-state index contributed by atoms with van der Waals surface area (Å²) in [6, 6.07) is 72.3. The second-order valence-electron chi connectivity index (χ2n) is 28.0. The van der Waals surface area contributed by atoms with Crippen molar-refractivity contribution in [1.82, 2.24) is 29.9 Å². The summed E-state index contributed by atoms with van der Waals surface area (Å²) in [7, 11) is 0. The van der Waals surface area contributed by atoms with Crippen molar-refractivity contribution < 1.29 is 51.7 Å². The Hall–Kier alpha value is -12.6. The Morgan fingerprint density at radius 2 is 0.336 bits per heavy atom. The molecule has 0 aliphatic rings. The molecule has 0 aliphatic carbocycles. The maximum atomic E-state index is 9.76. The molecule has 0 radical (unpaired) electrons. The maximum absolute atomic E-state index is 9.76. The van der Waals surface area contributed by atoms with Crippen LogP contribution in [0.3, 0.4) is 0 Å². The van der Waals surface area contributed by atoms with Gasteiger partial charge in [0.25, 0.3) is 0 Å². The zero-order chi connectivity index (χ0) is 76.2. The zero-order valence-corrected chi connectivity index (χ0v) is 66.2. The molecule has 0 saturated carbocycles. The van der Waals surface area contributed by atoms with Crippen molar-refractivity contribution >= 4 is 0 Å². The van der Waals surface area contributed by atoms with Gasteiger partial charge in [-0.25, -0.2) is 0 Å². The average molecular weight is 1630 g/mol. The molecule has 0 saturated heterocycles. The molecule has 0 unspecified atom stereocenters.